The van der Waals surface area contributed by atoms with Crippen LogP contribution in [0.2, 0.25) is 5.02 Å². The fraction of sp³-hybridized carbons (Fsp3) is 0.321. The van der Waals surface area contributed by atoms with Gasteiger partial charge < -0.3 is 14.8 Å². The average molecular weight is 543 g/mol. The number of aryl methyl sites for hydroxylation is 2. The van der Waals surface area contributed by atoms with E-state index < -0.39 is 28.1 Å². The second-order valence-electron chi connectivity index (χ2n) is 9.87. The van der Waals surface area contributed by atoms with Gasteiger partial charge in [-0.3, -0.25) is 9.10 Å². The first-order chi connectivity index (χ1) is 17.4. The Hall–Kier alpha value is -3.23. The Kier molecular flexibility index (Phi) is 7.44. The molecule has 0 aromatic heterocycles. The summed E-state index contributed by atoms with van der Waals surface area (Å²) in [6, 6.07) is 16.6. The molecule has 0 bridgehead atoms. The highest BCUT2D eigenvalue weighted by Crippen LogP contribution is 2.40. The minimum absolute atomic E-state index is 0.0566. The molecule has 3 aromatic rings. The molecule has 0 saturated carbocycles. The fourth-order valence-corrected chi connectivity index (χ4v) is 6.06. The van der Waals surface area contributed by atoms with E-state index in [0.29, 0.717) is 17.2 Å². The predicted octanol–water partition coefficient (Wildman–Crippen LogP) is 5.58. The Labute approximate surface area is 223 Å². The molecule has 1 aliphatic heterocycles. The lowest BCUT2D eigenvalue weighted by Crippen LogP contribution is -2.45. The number of hydrogen-bond acceptors (Lipinski definition) is 5. The molecule has 1 atom stereocenters. The van der Waals surface area contributed by atoms with Crippen LogP contribution in [0.15, 0.2) is 65.6 Å². The van der Waals surface area contributed by atoms with E-state index in [9.17, 15) is 13.2 Å². The van der Waals surface area contributed by atoms with Gasteiger partial charge in [-0.1, -0.05) is 47.0 Å². The Morgan fingerprint density at radius 1 is 1.08 bits per heavy atom. The zero-order valence-electron chi connectivity index (χ0n) is 21.5. The third kappa shape index (κ3) is 5.86. The van der Waals surface area contributed by atoms with Crippen molar-refractivity contribution in [2.75, 3.05) is 18.0 Å². The second kappa shape index (κ2) is 10.3. The maximum atomic E-state index is 13.8. The van der Waals surface area contributed by atoms with Crippen molar-refractivity contribution in [2.45, 2.75) is 50.7 Å². The number of amides is 1. The van der Waals surface area contributed by atoms with E-state index in [1.54, 1.807) is 24.3 Å². The van der Waals surface area contributed by atoms with Crippen LogP contribution in [0.1, 0.15) is 43.0 Å². The zero-order chi connectivity index (χ0) is 27.0. The molecule has 1 aliphatic rings. The van der Waals surface area contributed by atoms with Crippen LogP contribution in [-0.4, -0.2) is 33.6 Å². The number of nitrogens with zero attached hydrogens (tertiary/aromatic N) is 1. The number of fused-ring (bicyclic) bond motifs is 1. The van der Waals surface area contributed by atoms with Gasteiger partial charge in [0.25, 0.3) is 10.0 Å². The fourth-order valence-electron chi connectivity index (χ4n) is 4.47. The summed E-state index contributed by atoms with van der Waals surface area (Å²) in [5.74, 6) is 0.515. The van der Waals surface area contributed by atoms with Gasteiger partial charge in [0.1, 0.15) is 23.6 Å². The molecule has 0 saturated heterocycles. The highest BCUT2D eigenvalue weighted by molar-refractivity contribution is 7.92. The summed E-state index contributed by atoms with van der Waals surface area (Å²) in [5, 5.41) is 3.36. The van der Waals surface area contributed by atoms with E-state index in [1.807, 2.05) is 45.9 Å². The van der Waals surface area contributed by atoms with Crippen molar-refractivity contribution in [1.82, 2.24) is 5.32 Å². The number of carbonyl (C=O) groups excluding carboxylic acids is 1. The van der Waals surface area contributed by atoms with Gasteiger partial charge in [-0.05, 0) is 64.1 Å². The summed E-state index contributed by atoms with van der Waals surface area (Å²) >= 11 is 6.24. The zero-order valence-corrected chi connectivity index (χ0v) is 23.1. The number of anilines is 1. The third-order valence-corrected chi connectivity index (χ3v) is 8.27. The summed E-state index contributed by atoms with van der Waals surface area (Å²) in [6.45, 7) is 7.29. The van der Waals surface area contributed by atoms with Gasteiger partial charge in [0.2, 0.25) is 5.91 Å². The van der Waals surface area contributed by atoms with Gasteiger partial charge in [-0.2, -0.15) is 0 Å². The molecule has 0 fully saturated rings. The lowest BCUT2D eigenvalue weighted by molar-refractivity contribution is -0.120. The van der Waals surface area contributed by atoms with Crippen LogP contribution in [0.5, 0.6) is 11.5 Å². The smallest absolute Gasteiger partial charge is 0.264 e. The van der Waals surface area contributed by atoms with E-state index in [-0.39, 0.29) is 22.4 Å². The first-order valence-corrected chi connectivity index (χ1v) is 13.7. The van der Waals surface area contributed by atoms with Crippen molar-refractivity contribution in [2.24, 2.45) is 0 Å². The van der Waals surface area contributed by atoms with E-state index in [4.69, 9.17) is 21.1 Å². The van der Waals surface area contributed by atoms with Crippen molar-refractivity contribution in [3.8, 4) is 11.5 Å². The van der Waals surface area contributed by atoms with Gasteiger partial charge in [0.15, 0.2) is 0 Å². The van der Waals surface area contributed by atoms with E-state index in [1.165, 1.54) is 25.3 Å². The standard InChI is InChI=1S/C28H31ClN2O5S/c1-18-6-10-21(11-7-18)37(33,34)31(24-15-20(29)9-13-26(24)35-5)17-27(32)30-23-16-28(3,4)36-25-12-8-19(2)14-22(23)25/h6-15,23H,16-17H2,1-5H3,(H,30,32). The summed E-state index contributed by atoms with van der Waals surface area (Å²) in [4.78, 5) is 13.5. The van der Waals surface area contributed by atoms with E-state index >= 15 is 0 Å². The van der Waals surface area contributed by atoms with Crippen LogP contribution in [0, 0.1) is 13.8 Å². The minimum atomic E-state index is -4.14. The van der Waals surface area contributed by atoms with Gasteiger partial charge >= 0.3 is 0 Å². The molecule has 1 unspecified atom stereocenters. The topological polar surface area (TPSA) is 84.9 Å². The second-order valence-corrected chi connectivity index (χ2v) is 12.2. The van der Waals surface area contributed by atoms with Gasteiger partial charge in [0, 0.05) is 17.0 Å². The number of halogens is 1. The van der Waals surface area contributed by atoms with Crippen LogP contribution in [0.3, 0.4) is 0 Å². The number of sulfonamides is 1. The van der Waals surface area contributed by atoms with Crippen molar-refractivity contribution >= 4 is 33.2 Å². The van der Waals surface area contributed by atoms with Crippen LogP contribution in [-0.2, 0) is 14.8 Å². The summed E-state index contributed by atoms with van der Waals surface area (Å²) < 4.78 is 40.2. The van der Waals surface area contributed by atoms with Crippen molar-refractivity contribution in [3.63, 3.8) is 0 Å². The lowest BCUT2D eigenvalue weighted by atomic mass is 9.89. The average Bonchev–Trinajstić information content (AvgIpc) is 2.82. The quantitative estimate of drug-likeness (QED) is 0.421. The summed E-state index contributed by atoms with van der Waals surface area (Å²) in [7, 11) is -2.70. The number of ether oxygens (including phenoxy) is 2. The summed E-state index contributed by atoms with van der Waals surface area (Å²) in [5.41, 5.74) is 2.48. The van der Waals surface area contributed by atoms with Crippen LogP contribution in [0.4, 0.5) is 5.69 Å². The van der Waals surface area contributed by atoms with Crippen molar-refractivity contribution < 1.29 is 22.7 Å². The molecule has 4 rings (SSSR count). The van der Waals surface area contributed by atoms with Crippen LogP contribution < -0.4 is 19.1 Å². The van der Waals surface area contributed by atoms with E-state index in [2.05, 4.69) is 5.32 Å². The molecule has 196 valence electrons. The van der Waals surface area contributed by atoms with Crippen LogP contribution >= 0.6 is 11.6 Å². The van der Waals surface area contributed by atoms with E-state index in [0.717, 1.165) is 21.0 Å². The number of rotatable bonds is 7. The SMILES string of the molecule is COc1ccc(Cl)cc1N(CC(=O)NC1CC(C)(C)Oc2ccc(C)cc21)S(=O)(=O)c1ccc(C)cc1. The minimum Gasteiger partial charge on any atom is -0.495 e. The Morgan fingerprint density at radius 3 is 2.43 bits per heavy atom. The number of carbonyl (C=O) groups is 1. The monoisotopic (exact) mass is 542 g/mol. The largest absolute Gasteiger partial charge is 0.495 e. The van der Waals surface area contributed by atoms with Crippen molar-refractivity contribution in [3.05, 3.63) is 82.4 Å². The maximum Gasteiger partial charge on any atom is 0.264 e. The molecule has 3 aromatic carbocycles. The summed E-state index contributed by atoms with van der Waals surface area (Å²) in [6.07, 6.45) is 0.528. The van der Waals surface area contributed by atoms with Gasteiger partial charge in [-0.25, -0.2) is 8.42 Å². The number of methoxy groups -OCH3 is 1. The molecule has 1 heterocycles. The number of hydrogen-bond donors (Lipinski definition) is 1. The molecule has 7 nitrogen and oxygen atoms in total. The van der Waals surface area contributed by atoms with Crippen LogP contribution in [0.25, 0.3) is 0 Å². The third-order valence-electron chi connectivity index (χ3n) is 6.26. The molecule has 1 N–H and O–H groups in total. The maximum absolute atomic E-state index is 13.8. The molecule has 1 amide bonds. The highest BCUT2D eigenvalue weighted by atomic mass is 35.5. The molecule has 0 aliphatic carbocycles. The van der Waals surface area contributed by atoms with Gasteiger partial charge in [-0.15, -0.1) is 0 Å². The molecule has 0 spiro atoms. The predicted molar refractivity (Wildman–Crippen MR) is 145 cm³/mol. The lowest BCUT2D eigenvalue weighted by Gasteiger charge is -2.38. The number of benzene rings is 3. The Balaban J connectivity index is 1.71. The highest BCUT2D eigenvalue weighted by Gasteiger charge is 2.36. The molecule has 9 heteroatoms. The number of nitrogens with one attached hydrogen (secondary N) is 1. The molecular weight excluding hydrogens is 512 g/mol. The molecular formula is C28H31ClN2O5S. The molecule has 37 heavy (non-hydrogen) atoms. The Morgan fingerprint density at radius 2 is 1.76 bits per heavy atom. The first-order valence-electron chi connectivity index (χ1n) is 11.9. The molecule has 0 radical (unpaired) electrons. The first kappa shape index (κ1) is 26.8. The van der Waals surface area contributed by atoms with Crippen molar-refractivity contribution in [1.29, 1.82) is 0 Å². The van der Waals surface area contributed by atoms with Gasteiger partial charge in [0.05, 0.1) is 23.7 Å². The Bertz CT molecular complexity index is 1420. The normalized spacial score (nSPS) is 16.3.